The van der Waals surface area contributed by atoms with E-state index >= 15 is 0 Å². The molecular formula is C39H50N4O5. The van der Waals surface area contributed by atoms with Crippen molar-refractivity contribution in [2.45, 2.75) is 76.4 Å². The van der Waals surface area contributed by atoms with Gasteiger partial charge in [0, 0.05) is 36.7 Å². The molecule has 2 heterocycles. The molecule has 1 unspecified atom stereocenters. The van der Waals surface area contributed by atoms with Crippen molar-refractivity contribution < 1.29 is 19.7 Å². The Balaban J connectivity index is 0.894. The zero-order valence-corrected chi connectivity index (χ0v) is 28.0. The van der Waals surface area contributed by atoms with Gasteiger partial charge in [0.05, 0.1) is 17.3 Å². The van der Waals surface area contributed by atoms with Crippen LogP contribution in [0.15, 0.2) is 83.7 Å². The number of aromatic hydroxyl groups is 1. The zero-order valence-electron chi connectivity index (χ0n) is 28.0. The second-order valence-electron chi connectivity index (χ2n) is 13.2. The van der Waals surface area contributed by atoms with E-state index in [2.05, 4.69) is 20.5 Å². The molecule has 1 fully saturated rings. The number of benzene rings is 3. The van der Waals surface area contributed by atoms with Crippen LogP contribution in [0.1, 0.15) is 76.4 Å². The Morgan fingerprint density at radius 1 is 0.896 bits per heavy atom. The van der Waals surface area contributed by atoms with Crippen LogP contribution >= 0.6 is 0 Å². The van der Waals surface area contributed by atoms with Crippen molar-refractivity contribution in [1.29, 1.82) is 0 Å². The second-order valence-corrected chi connectivity index (χ2v) is 13.2. The number of hydrogen-bond donors (Lipinski definition) is 5. The Morgan fingerprint density at radius 2 is 1.58 bits per heavy atom. The number of fused-ring (bicyclic) bond motifs is 1. The fourth-order valence-corrected chi connectivity index (χ4v) is 6.54. The first kappa shape index (κ1) is 35.1. The monoisotopic (exact) mass is 654 g/mol. The first-order valence-corrected chi connectivity index (χ1v) is 17.4. The Labute approximate surface area is 283 Å². The van der Waals surface area contributed by atoms with E-state index in [0.717, 1.165) is 68.7 Å². The number of unbranched alkanes of at least 4 members (excludes halogenated alkanes) is 6. The number of phenols is 1. The average Bonchev–Trinajstić information content (AvgIpc) is 3.09. The molecule has 4 aromatic rings. The molecule has 9 nitrogen and oxygen atoms in total. The molecule has 1 saturated heterocycles. The predicted molar refractivity (Wildman–Crippen MR) is 192 cm³/mol. The molecule has 1 aliphatic heterocycles. The number of anilines is 1. The largest absolute Gasteiger partial charge is 0.506 e. The van der Waals surface area contributed by atoms with Crippen LogP contribution in [0.5, 0.6) is 5.75 Å². The highest BCUT2D eigenvalue weighted by molar-refractivity contribution is 5.91. The van der Waals surface area contributed by atoms with Gasteiger partial charge in [0.25, 0.3) is 0 Å². The number of aliphatic hydroxyl groups is 1. The molecule has 0 aliphatic carbocycles. The van der Waals surface area contributed by atoms with Crippen LogP contribution in [0.3, 0.4) is 0 Å². The number of ether oxygens (including phenoxy) is 1. The van der Waals surface area contributed by atoms with Crippen LogP contribution in [-0.2, 0) is 4.74 Å². The quantitative estimate of drug-likeness (QED) is 0.0800. The summed E-state index contributed by atoms with van der Waals surface area (Å²) in [5, 5.41) is 27.7. The highest BCUT2D eigenvalue weighted by Crippen LogP contribution is 2.31. The maximum atomic E-state index is 12.9. The van der Waals surface area contributed by atoms with Gasteiger partial charge in [-0.3, -0.25) is 10.1 Å². The predicted octanol–water partition coefficient (Wildman–Crippen LogP) is 7.36. The number of H-pyrrole nitrogens is 1. The molecule has 1 aliphatic rings. The van der Waals surface area contributed by atoms with Crippen molar-refractivity contribution in [3.8, 4) is 16.9 Å². The van der Waals surface area contributed by atoms with Crippen molar-refractivity contribution >= 4 is 22.7 Å². The lowest BCUT2D eigenvalue weighted by Gasteiger charge is -2.38. The third-order valence-corrected chi connectivity index (χ3v) is 9.43. The fraction of sp³-hybridized carbons (Fsp3) is 0.436. The fourth-order valence-electron chi connectivity index (χ4n) is 6.54. The third-order valence-electron chi connectivity index (χ3n) is 9.43. The minimum Gasteiger partial charge on any atom is -0.506 e. The lowest BCUT2D eigenvalue weighted by atomic mass is 9.93. The van der Waals surface area contributed by atoms with Gasteiger partial charge in [-0.05, 0) is 75.0 Å². The topological polar surface area (TPSA) is 127 Å². The Kier molecular flexibility index (Phi) is 12.7. The molecule has 1 aromatic heterocycles. The highest BCUT2D eigenvalue weighted by atomic mass is 16.6. The van der Waals surface area contributed by atoms with Gasteiger partial charge in [0.2, 0.25) is 5.56 Å². The standard InChI is InChI=1S/C39H50N4O5/c1-39(48-38(47)41-33-17-11-10-16-30(33)29-14-8-7-9-15-29)22-26-43(27-23-39)25-13-6-4-2-3-5-12-24-40-28-35(45)31-18-20-34(44)37-32(31)19-21-36(46)42-37/h7-11,14-21,35,40,44-45H,2-6,12-13,22-28H2,1H3,(H,41,47)(H,42,46). The molecule has 0 spiro atoms. The van der Waals surface area contributed by atoms with Crippen LogP contribution in [0.2, 0.25) is 0 Å². The van der Waals surface area contributed by atoms with Gasteiger partial charge in [-0.25, -0.2) is 4.79 Å². The number of phenolic OH excluding ortho intramolecular Hbond substituents is 1. The molecule has 1 atom stereocenters. The number of aromatic nitrogens is 1. The van der Waals surface area contributed by atoms with Crippen LogP contribution in [0.25, 0.3) is 22.0 Å². The maximum Gasteiger partial charge on any atom is 0.412 e. The van der Waals surface area contributed by atoms with E-state index in [4.69, 9.17) is 4.74 Å². The summed E-state index contributed by atoms with van der Waals surface area (Å²) in [5.74, 6) is -0.00332. The number of carbonyl (C=O) groups excluding carboxylic acids is 1. The summed E-state index contributed by atoms with van der Waals surface area (Å²) in [6.07, 6.45) is 8.84. The van der Waals surface area contributed by atoms with E-state index in [9.17, 15) is 19.8 Å². The maximum absolute atomic E-state index is 12.9. The molecule has 5 rings (SSSR count). The summed E-state index contributed by atoms with van der Waals surface area (Å²) in [6, 6.07) is 24.1. The minimum atomic E-state index is -0.729. The number of aromatic amines is 1. The van der Waals surface area contributed by atoms with Gasteiger partial charge in [-0.15, -0.1) is 0 Å². The lowest BCUT2D eigenvalue weighted by Crippen LogP contribution is -2.46. The van der Waals surface area contributed by atoms with E-state index in [1.54, 1.807) is 12.1 Å². The average molecular weight is 655 g/mol. The summed E-state index contributed by atoms with van der Waals surface area (Å²) in [4.78, 5) is 29.6. The van der Waals surface area contributed by atoms with Gasteiger partial charge in [-0.2, -0.15) is 0 Å². The third kappa shape index (κ3) is 9.92. The molecular weight excluding hydrogens is 604 g/mol. The number of pyridine rings is 1. The Morgan fingerprint density at radius 3 is 2.35 bits per heavy atom. The summed E-state index contributed by atoms with van der Waals surface area (Å²) in [5.41, 5.74) is 3.07. The molecule has 0 saturated carbocycles. The summed E-state index contributed by atoms with van der Waals surface area (Å²) >= 11 is 0. The number of para-hydroxylation sites is 1. The molecule has 0 radical (unpaired) electrons. The molecule has 1 amide bonds. The van der Waals surface area contributed by atoms with E-state index in [-0.39, 0.29) is 11.3 Å². The van der Waals surface area contributed by atoms with Gasteiger partial charge in [0.1, 0.15) is 11.4 Å². The van der Waals surface area contributed by atoms with Crippen molar-refractivity contribution in [2.24, 2.45) is 0 Å². The first-order chi connectivity index (χ1) is 23.3. The van der Waals surface area contributed by atoms with E-state index < -0.39 is 17.8 Å². The summed E-state index contributed by atoms with van der Waals surface area (Å²) < 4.78 is 5.97. The number of nitrogens with zero attached hydrogens (tertiary/aromatic N) is 1. The van der Waals surface area contributed by atoms with Gasteiger partial charge < -0.3 is 30.2 Å². The smallest absolute Gasteiger partial charge is 0.412 e. The number of likely N-dealkylation sites (tertiary alicyclic amines) is 1. The Hall–Kier alpha value is -4.18. The molecule has 48 heavy (non-hydrogen) atoms. The van der Waals surface area contributed by atoms with E-state index in [1.807, 2.05) is 61.5 Å². The Bertz CT molecular complexity index is 1670. The second kappa shape index (κ2) is 17.3. The summed E-state index contributed by atoms with van der Waals surface area (Å²) in [6.45, 7) is 6.27. The van der Waals surface area contributed by atoms with E-state index in [1.165, 1.54) is 44.2 Å². The van der Waals surface area contributed by atoms with Crippen LogP contribution < -0.4 is 16.2 Å². The van der Waals surface area contributed by atoms with Gasteiger partial charge in [-0.1, -0.05) is 86.7 Å². The summed E-state index contributed by atoms with van der Waals surface area (Å²) in [7, 11) is 0. The van der Waals surface area contributed by atoms with Gasteiger partial charge in [0.15, 0.2) is 0 Å². The number of amides is 1. The van der Waals surface area contributed by atoms with Crippen molar-refractivity contribution in [1.82, 2.24) is 15.2 Å². The minimum absolute atomic E-state index is 0.00332. The SMILES string of the molecule is CC1(OC(=O)Nc2ccccc2-c2ccccc2)CCN(CCCCCCCCCNCC(O)c2ccc(O)c3[nH]c(=O)ccc23)CC1. The zero-order chi connectivity index (χ0) is 33.8. The van der Waals surface area contributed by atoms with Crippen LogP contribution in [0, 0.1) is 0 Å². The molecule has 9 heteroatoms. The normalized spacial score (nSPS) is 15.3. The van der Waals surface area contributed by atoms with Crippen LogP contribution in [0.4, 0.5) is 10.5 Å². The molecule has 3 aromatic carbocycles. The number of rotatable bonds is 16. The molecule has 256 valence electrons. The number of hydrogen-bond acceptors (Lipinski definition) is 7. The van der Waals surface area contributed by atoms with E-state index in [0.29, 0.717) is 23.0 Å². The highest BCUT2D eigenvalue weighted by Gasteiger charge is 2.33. The molecule has 0 bridgehead atoms. The first-order valence-electron chi connectivity index (χ1n) is 17.4. The van der Waals surface area contributed by atoms with Crippen molar-refractivity contribution in [3.05, 3.63) is 94.8 Å². The number of nitrogens with one attached hydrogen (secondary N) is 3. The van der Waals surface area contributed by atoms with Crippen molar-refractivity contribution in [3.63, 3.8) is 0 Å². The van der Waals surface area contributed by atoms with Crippen LogP contribution in [-0.4, -0.2) is 64.5 Å². The number of piperidine rings is 1. The van der Waals surface area contributed by atoms with Crippen molar-refractivity contribution in [2.75, 3.05) is 38.0 Å². The number of carbonyl (C=O) groups is 1. The van der Waals surface area contributed by atoms with Gasteiger partial charge >= 0.3 is 6.09 Å². The lowest BCUT2D eigenvalue weighted by molar-refractivity contribution is -0.0163. The number of aliphatic hydroxyl groups excluding tert-OH is 1. The molecule has 5 N–H and O–H groups in total.